The van der Waals surface area contributed by atoms with Gasteiger partial charge in [0.05, 0.1) is 11.1 Å². The average molecular weight is 632 g/mol. The molecule has 3 N–H and O–H groups in total. The Balaban J connectivity index is 1.66. The van der Waals surface area contributed by atoms with Crippen LogP contribution in [-0.2, 0) is 35.3 Å². The number of halogens is 2. The monoisotopic (exact) mass is 631 g/mol. The van der Waals surface area contributed by atoms with Crippen LogP contribution >= 0.6 is 18.2 Å². The number of rotatable bonds is 10. The number of terminal acetylenes is 1. The van der Waals surface area contributed by atoms with E-state index >= 15 is 0 Å². The molecule has 2 fully saturated rings. The van der Waals surface area contributed by atoms with Crippen molar-refractivity contribution in [3.63, 3.8) is 0 Å². The molecule has 2 aromatic rings. The van der Waals surface area contributed by atoms with Crippen LogP contribution in [0.4, 0.5) is 4.39 Å². The van der Waals surface area contributed by atoms with E-state index in [1.165, 1.54) is 26.2 Å². The molecule has 41 heavy (non-hydrogen) atoms. The van der Waals surface area contributed by atoms with Gasteiger partial charge in [-0.25, -0.2) is 14.3 Å². The highest BCUT2D eigenvalue weighted by Crippen LogP contribution is 2.63. The van der Waals surface area contributed by atoms with E-state index in [4.69, 9.17) is 53.1 Å². The largest absolute Gasteiger partial charge is 0.462 e. The normalized spacial score (nSPS) is 29.1. The van der Waals surface area contributed by atoms with Crippen molar-refractivity contribution in [1.82, 2.24) is 14.6 Å². The van der Waals surface area contributed by atoms with Crippen LogP contribution in [0.2, 0.25) is 5.02 Å². The second-order valence-corrected chi connectivity index (χ2v) is 13.3. The molecule has 2 aliphatic rings. The summed E-state index contributed by atoms with van der Waals surface area (Å²) in [5.41, 5.74) is -5.12. The summed E-state index contributed by atoms with van der Waals surface area (Å²) in [5.74, 6) is 0.992. The number of carbonyl (C=O) groups excluding carboxylic acids is 1. The van der Waals surface area contributed by atoms with Gasteiger partial charge in [-0.15, -0.1) is 6.42 Å². The molecule has 0 amide bonds. The summed E-state index contributed by atoms with van der Waals surface area (Å²) >= 11 is 11.6. The highest BCUT2D eigenvalue weighted by Gasteiger charge is 2.76. The van der Waals surface area contributed by atoms with Crippen molar-refractivity contribution >= 4 is 36.0 Å². The van der Waals surface area contributed by atoms with E-state index in [0.717, 1.165) is 22.9 Å². The van der Waals surface area contributed by atoms with Crippen molar-refractivity contribution < 1.29 is 37.5 Å². The number of aromatic amines is 1. The van der Waals surface area contributed by atoms with Crippen molar-refractivity contribution in [1.29, 1.82) is 0 Å². The molecule has 2 heterocycles. The molecule has 1 spiro atoms. The molecule has 16 heteroatoms. The van der Waals surface area contributed by atoms with Crippen molar-refractivity contribution in [3.05, 3.63) is 62.1 Å². The molecule has 3 unspecified atom stereocenters. The summed E-state index contributed by atoms with van der Waals surface area (Å²) in [4.78, 5) is 38.8. The Morgan fingerprint density at radius 2 is 2.10 bits per heavy atom. The maximum Gasteiger partial charge on any atom is 0.330 e. The maximum absolute atomic E-state index is 13.8. The number of hydrogen-bond donors (Lipinski definition) is 3. The van der Waals surface area contributed by atoms with Crippen LogP contribution < -0.4 is 20.9 Å². The summed E-state index contributed by atoms with van der Waals surface area (Å²) in [7, 11) is 1.29. The fourth-order valence-corrected chi connectivity index (χ4v) is 7.50. The van der Waals surface area contributed by atoms with Crippen molar-refractivity contribution in [2.24, 2.45) is 0 Å². The molecule has 1 saturated carbocycles. The minimum absolute atomic E-state index is 0.0554. The molecule has 4 rings (SSSR count). The molecule has 7 atom stereocenters. The summed E-state index contributed by atoms with van der Waals surface area (Å²) < 4.78 is 43.8. The summed E-state index contributed by atoms with van der Waals surface area (Å²) in [5, 5.41) is 14.1. The highest BCUT2D eigenvalue weighted by molar-refractivity contribution is 8.09. The molecule has 1 saturated heterocycles. The lowest BCUT2D eigenvalue weighted by Gasteiger charge is -2.29. The predicted octanol–water partition coefficient (Wildman–Crippen LogP) is 2.00. The van der Waals surface area contributed by atoms with Crippen LogP contribution in [0.5, 0.6) is 5.75 Å². The summed E-state index contributed by atoms with van der Waals surface area (Å²) in [6.45, 7) is 1.18. The number of benzene rings is 1. The number of nitrogens with one attached hydrogen (secondary N) is 2. The first kappa shape index (κ1) is 31.3. The van der Waals surface area contributed by atoms with Gasteiger partial charge in [-0.2, -0.15) is 0 Å². The molecular weight excluding hydrogens is 604 g/mol. The van der Waals surface area contributed by atoms with Gasteiger partial charge in [0.15, 0.2) is 11.8 Å². The van der Waals surface area contributed by atoms with Gasteiger partial charge in [0.2, 0.25) is 0 Å². The molecule has 12 nitrogen and oxygen atoms in total. The fourth-order valence-electron chi connectivity index (χ4n) is 4.57. The van der Waals surface area contributed by atoms with Crippen molar-refractivity contribution in [3.8, 4) is 18.1 Å². The number of aromatic nitrogens is 2. The number of H-pyrrole nitrogens is 1. The number of nitrogens with zero attached hydrogens (tertiary/aromatic N) is 1. The SMILES string of the molecule is C#C[C@@]1(O)[C@H](OC)C2(CC2OP(=S)(N[C@@H](C)C(=O)OC(C)C)Oc2ccc(F)c(Cl)c2)O[C@H]1n1ccc(=O)[nH]c1=O. The van der Waals surface area contributed by atoms with Crippen LogP contribution in [-0.4, -0.2) is 63.3 Å². The highest BCUT2D eigenvalue weighted by atomic mass is 35.5. The molecule has 1 aliphatic heterocycles. The number of esters is 1. The van der Waals surface area contributed by atoms with E-state index in [9.17, 15) is 23.9 Å². The third kappa shape index (κ3) is 6.14. The zero-order valence-corrected chi connectivity index (χ0v) is 24.8. The van der Waals surface area contributed by atoms with Gasteiger partial charge in [0.1, 0.15) is 35.4 Å². The molecule has 1 aliphatic carbocycles. The van der Waals surface area contributed by atoms with E-state index < -0.39 is 71.5 Å². The van der Waals surface area contributed by atoms with Crippen molar-refractivity contribution in [2.45, 2.75) is 69.0 Å². The summed E-state index contributed by atoms with van der Waals surface area (Å²) in [6.07, 6.45) is 2.90. The van der Waals surface area contributed by atoms with Crippen LogP contribution in [0, 0.1) is 18.2 Å². The smallest absolute Gasteiger partial charge is 0.330 e. The Kier molecular flexibility index (Phi) is 8.86. The third-order valence-electron chi connectivity index (χ3n) is 6.45. The number of carbonyl (C=O) groups is 1. The van der Waals surface area contributed by atoms with E-state index in [0.29, 0.717) is 0 Å². The zero-order chi connectivity index (χ0) is 30.3. The number of hydrogen-bond acceptors (Lipinski definition) is 10. The lowest BCUT2D eigenvalue weighted by Crippen LogP contribution is -2.49. The quantitative estimate of drug-likeness (QED) is 0.201. The Bertz CT molecular complexity index is 1550. The molecule has 0 bridgehead atoms. The van der Waals surface area contributed by atoms with Crippen LogP contribution in [0.15, 0.2) is 40.1 Å². The maximum atomic E-state index is 13.8. The topological polar surface area (TPSA) is 150 Å². The van der Waals surface area contributed by atoms with Gasteiger partial charge >= 0.3 is 18.3 Å². The van der Waals surface area contributed by atoms with Gasteiger partial charge in [-0.05, 0) is 44.7 Å². The second-order valence-electron chi connectivity index (χ2n) is 9.83. The lowest BCUT2D eigenvalue weighted by atomic mass is 9.93. The van der Waals surface area contributed by atoms with Gasteiger partial charge < -0.3 is 28.4 Å². The van der Waals surface area contributed by atoms with E-state index in [2.05, 4.69) is 16.0 Å². The molecular formula is C25H28ClFN3O9PS. The Labute approximate surface area is 244 Å². The summed E-state index contributed by atoms with van der Waals surface area (Å²) in [6, 6.07) is 3.63. The fraction of sp³-hybridized carbons (Fsp3) is 0.480. The molecule has 1 aromatic heterocycles. The second kappa shape index (κ2) is 11.6. The standard InChI is InChI=1S/C25H28ClFN3O9PS/c1-6-24(34)21(35-5)25(37-22(24)30-10-9-19(31)28-23(30)33)12-18(25)39-40(41,29-14(4)20(32)36-13(2)3)38-15-7-8-17(27)16(26)11-15/h1,7-11,13-14,18,21-22,34H,12H2,2-5H3,(H,29,41)(H,28,31,33)/t14-,18?,21-,22+,24+,25?,40?/m0/s1. The Morgan fingerprint density at radius 3 is 2.68 bits per heavy atom. The first-order chi connectivity index (χ1) is 19.2. The number of methoxy groups -OCH3 is 1. The zero-order valence-electron chi connectivity index (χ0n) is 22.3. The molecule has 1 aromatic carbocycles. The number of ether oxygens (including phenoxy) is 3. The molecule has 222 valence electrons. The van der Waals surface area contributed by atoms with Gasteiger partial charge in [-0.3, -0.25) is 19.1 Å². The first-order valence-corrected chi connectivity index (χ1v) is 15.3. The van der Waals surface area contributed by atoms with Gasteiger partial charge in [-0.1, -0.05) is 17.5 Å². The van der Waals surface area contributed by atoms with Crippen molar-refractivity contribution in [2.75, 3.05) is 7.11 Å². The Morgan fingerprint density at radius 1 is 1.39 bits per heavy atom. The van der Waals surface area contributed by atoms with Gasteiger partial charge in [0, 0.05) is 31.9 Å². The average Bonchev–Trinajstić information content (AvgIpc) is 3.48. The van der Waals surface area contributed by atoms with Crippen LogP contribution in [0.3, 0.4) is 0 Å². The minimum Gasteiger partial charge on any atom is -0.462 e. The predicted molar refractivity (Wildman–Crippen MR) is 148 cm³/mol. The van der Waals surface area contributed by atoms with E-state index in [-0.39, 0.29) is 17.2 Å². The number of aliphatic hydroxyl groups is 1. The minimum atomic E-state index is -3.68. The van der Waals surface area contributed by atoms with Crippen LogP contribution in [0.25, 0.3) is 0 Å². The Hall–Kier alpha value is -2.60. The van der Waals surface area contributed by atoms with E-state index in [1.807, 2.05) is 0 Å². The van der Waals surface area contributed by atoms with Gasteiger partial charge in [0.25, 0.3) is 5.56 Å². The van der Waals surface area contributed by atoms with E-state index in [1.54, 1.807) is 13.8 Å². The third-order valence-corrected chi connectivity index (χ3v) is 9.23. The first-order valence-electron chi connectivity index (χ1n) is 12.3. The van der Waals surface area contributed by atoms with Crippen LogP contribution in [0.1, 0.15) is 33.4 Å². The molecule has 0 radical (unpaired) electrons. The lowest BCUT2D eigenvalue weighted by molar-refractivity contribution is -0.149.